The lowest BCUT2D eigenvalue weighted by atomic mass is 9.78. The Hall–Kier alpha value is -1.97. The number of rotatable bonds is 5. The number of carboxylic acid groups (broad SMARTS) is 1. The molecule has 3 aliphatic rings. The number of anilines is 1. The number of carbonyl (C=O) groups excluding carboxylic acids is 1. The summed E-state index contributed by atoms with van der Waals surface area (Å²) in [6.45, 7) is 3.16. The first-order valence-electron chi connectivity index (χ1n) is 10.1. The zero-order chi connectivity index (χ0) is 20.8. The molecule has 0 radical (unpaired) electrons. The summed E-state index contributed by atoms with van der Waals surface area (Å²) in [4.78, 5) is 24.4. The van der Waals surface area contributed by atoms with E-state index in [0.717, 1.165) is 12.8 Å². The second-order valence-electron chi connectivity index (χ2n) is 8.28. The van der Waals surface area contributed by atoms with Gasteiger partial charge in [-0.3, -0.25) is 9.59 Å². The highest BCUT2D eigenvalue weighted by Gasteiger charge is 2.55. The number of benzene rings is 1. The van der Waals surface area contributed by atoms with Gasteiger partial charge in [0.1, 0.15) is 0 Å². The van der Waals surface area contributed by atoms with Crippen LogP contribution in [-0.2, 0) is 24.3 Å². The summed E-state index contributed by atoms with van der Waals surface area (Å²) in [7, 11) is -3.55. The van der Waals surface area contributed by atoms with E-state index in [4.69, 9.17) is 4.74 Å². The van der Waals surface area contributed by atoms with Gasteiger partial charge < -0.3 is 15.2 Å². The molecule has 1 amide bonds. The normalized spacial score (nSPS) is 30.4. The number of sulfonamides is 1. The summed E-state index contributed by atoms with van der Waals surface area (Å²) >= 11 is 0. The van der Waals surface area contributed by atoms with Crippen LogP contribution in [0.1, 0.15) is 32.6 Å². The maximum absolute atomic E-state index is 12.8. The number of nitrogens with one attached hydrogen (secondary N) is 1. The third kappa shape index (κ3) is 3.78. The largest absolute Gasteiger partial charge is 0.481 e. The van der Waals surface area contributed by atoms with Crippen molar-refractivity contribution < 1.29 is 27.9 Å². The number of carboxylic acids is 1. The molecule has 158 valence electrons. The highest BCUT2D eigenvalue weighted by atomic mass is 32.2. The Morgan fingerprint density at radius 2 is 1.62 bits per heavy atom. The molecule has 3 fully saturated rings. The van der Waals surface area contributed by atoms with Crippen molar-refractivity contribution in [3.63, 3.8) is 0 Å². The van der Waals surface area contributed by atoms with E-state index in [-0.39, 0.29) is 11.0 Å². The molecule has 0 spiro atoms. The third-order valence-corrected chi connectivity index (χ3v) is 8.28. The molecule has 2 bridgehead atoms. The van der Waals surface area contributed by atoms with Gasteiger partial charge in [0, 0.05) is 18.8 Å². The molecule has 29 heavy (non-hydrogen) atoms. The Balaban J connectivity index is 1.44. The van der Waals surface area contributed by atoms with E-state index < -0.39 is 39.8 Å². The van der Waals surface area contributed by atoms with Crippen LogP contribution in [0.5, 0.6) is 0 Å². The lowest BCUT2D eigenvalue weighted by Crippen LogP contribution is -2.41. The zero-order valence-corrected chi connectivity index (χ0v) is 17.1. The maximum atomic E-state index is 12.8. The number of ether oxygens (including phenoxy) is 1. The number of carbonyl (C=O) groups is 2. The van der Waals surface area contributed by atoms with Crippen LogP contribution in [-0.4, -0.2) is 55.0 Å². The first kappa shape index (κ1) is 20.3. The van der Waals surface area contributed by atoms with E-state index in [2.05, 4.69) is 12.2 Å². The molecule has 8 nitrogen and oxygen atoms in total. The standard InChI is InChI=1S/C20H26N2O6S/c1-12-8-10-22(11-9-12)29(26,27)14-4-2-13(3-5-14)21-19(23)17-15-6-7-16(28-15)18(17)20(24)25/h2-5,12,15-18H,6-11H2,1H3,(H,21,23)(H,24,25)/t15-,16+,17-,18-/m0/s1. The highest BCUT2D eigenvalue weighted by Crippen LogP contribution is 2.44. The van der Waals surface area contributed by atoms with Gasteiger partial charge in [-0.25, -0.2) is 8.42 Å². The van der Waals surface area contributed by atoms with Gasteiger partial charge in [0.05, 0.1) is 28.9 Å². The fraction of sp³-hybridized carbons (Fsp3) is 0.600. The average Bonchev–Trinajstić information content (AvgIpc) is 3.30. The van der Waals surface area contributed by atoms with E-state index in [1.54, 1.807) is 12.1 Å². The minimum Gasteiger partial charge on any atom is -0.481 e. The number of nitrogens with zero attached hydrogens (tertiary/aromatic N) is 1. The summed E-state index contributed by atoms with van der Waals surface area (Å²) in [6.07, 6.45) is 2.26. The van der Waals surface area contributed by atoms with Crippen LogP contribution in [0.3, 0.4) is 0 Å². The van der Waals surface area contributed by atoms with Gasteiger partial charge >= 0.3 is 5.97 Å². The van der Waals surface area contributed by atoms with Crippen molar-refractivity contribution in [2.24, 2.45) is 17.8 Å². The number of amides is 1. The molecule has 0 unspecified atom stereocenters. The second-order valence-corrected chi connectivity index (χ2v) is 10.2. The Bertz CT molecular complexity index is 892. The minimum atomic E-state index is -3.55. The molecule has 1 aromatic rings. The van der Waals surface area contributed by atoms with Crippen LogP contribution in [0.25, 0.3) is 0 Å². The third-order valence-electron chi connectivity index (χ3n) is 6.36. The fourth-order valence-electron chi connectivity index (χ4n) is 4.63. The molecular formula is C20H26N2O6S. The number of aliphatic carboxylic acids is 1. The molecule has 0 aromatic heterocycles. The molecule has 3 saturated heterocycles. The van der Waals surface area contributed by atoms with Gasteiger partial charge in [0.15, 0.2) is 0 Å². The Labute approximate surface area is 170 Å². The van der Waals surface area contributed by atoms with Crippen LogP contribution < -0.4 is 5.32 Å². The lowest BCUT2D eigenvalue weighted by molar-refractivity contribution is -0.147. The number of hydrogen-bond acceptors (Lipinski definition) is 5. The topological polar surface area (TPSA) is 113 Å². The van der Waals surface area contributed by atoms with Gasteiger partial charge in [-0.1, -0.05) is 6.92 Å². The molecule has 0 saturated carbocycles. The van der Waals surface area contributed by atoms with E-state index >= 15 is 0 Å². The number of fused-ring (bicyclic) bond motifs is 2. The Kier molecular flexibility index (Phi) is 5.39. The van der Waals surface area contributed by atoms with E-state index in [9.17, 15) is 23.1 Å². The maximum Gasteiger partial charge on any atom is 0.310 e. The summed E-state index contributed by atoms with van der Waals surface area (Å²) in [5.41, 5.74) is 0.438. The molecule has 2 N–H and O–H groups in total. The molecule has 3 aliphatic heterocycles. The smallest absolute Gasteiger partial charge is 0.310 e. The van der Waals surface area contributed by atoms with Crippen molar-refractivity contribution in [1.29, 1.82) is 0 Å². The summed E-state index contributed by atoms with van der Waals surface area (Å²) in [5, 5.41) is 12.2. The van der Waals surface area contributed by atoms with Crippen molar-refractivity contribution >= 4 is 27.6 Å². The predicted molar refractivity (Wildman–Crippen MR) is 105 cm³/mol. The Morgan fingerprint density at radius 3 is 2.21 bits per heavy atom. The average molecular weight is 423 g/mol. The Morgan fingerprint density at radius 1 is 1.03 bits per heavy atom. The molecular weight excluding hydrogens is 396 g/mol. The van der Waals surface area contributed by atoms with Gasteiger partial charge in [0.2, 0.25) is 15.9 Å². The van der Waals surface area contributed by atoms with Crippen LogP contribution in [0.15, 0.2) is 29.2 Å². The van der Waals surface area contributed by atoms with E-state index in [1.165, 1.54) is 16.4 Å². The zero-order valence-electron chi connectivity index (χ0n) is 16.3. The molecule has 3 heterocycles. The number of hydrogen-bond donors (Lipinski definition) is 2. The SMILES string of the molecule is CC1CCN(S(=O)(=O)c2ccc(NC(=O)[C@@H]3[C@@H](C(=O)O)[C@H]4CC[C@@H]3O4)cc2)CC1. The van der Waals surface area contributed by atoms with Gasteiger partial charge in [-0.05, 0) is 55.9 Å². The summed E-state index contributed by atoms with van der Waals surface area (Å²) in [6, 6.07) is 6.05. The first-order chi connectivity index (χ1) is 13.8. The van der Waals surface area contributed by atoms with Crippen molar-refractivity contribution in [1.82, 2.24) is 4.31 Å². The van der Waals surface area contributed by atoms with Crippen LogP contribution >= 0.6 is 0 Å². The summed E-state index contributed by atoms with van der Waals surface area (Å²) < 4.78 is 32.7. The van der Waals surface area contributed by atoms with Gasteiger partial charge in [-0.2, -0.15) is 4.31 Å². The van der Waals surface area contributed by atoms with Crippen LogP contribution in [0.2, 0.25) is 0 Å². The molecule has 0 aliphatic carbocycles. The molecule has 1 aromatic carbocycles. The van der Waals surface area contributed by atoms with E-state index in [0.29, 0.717) is 37.5 Å². The van der Waals surface area contributed by atoms with E-state index in [1.807, 2.05) is 0 Å². The second kappa shape index (κ2) is 7.70. The van der Waals surface area contributed by atoms with Crippen molar-refractivity contribution in [2.45, 2.75) is 49.7 Å². The highest BCUT2D eigenvalue weighted by molar-refractivity contribution is 7.89. The first-order valence-corrected chi connectivity index (χ1v) is 11.5. The van der Waals surface area contributed by atoms with Crippen LogP contribution in [0.4, 0.5) is 5.69 Å². The fourth-order valence-corrected chi connectivity index (χ4v) is 6.10. The van der Waals surface area contributed by atoms with Crippen LogP contribution in [0, 0.1) is 17.8 Å². The minimum absolute atomic E-state index is 0.191. The molecule has 9 heteroatoms. The quantitative estimate of drug-likeness (QED) is 0.750. The number of piperidine rings is 1. The van der Waals surface area contributed by atoms with Crippen molar-refractivity contribution in [3.8, 4) is 0 Å². The molecule has 4 atom stereocenters. The van der Waals surface area contributed by atoms with Crippen molar-refractivity contribution in [3.05, 3.63) is 24.3 Å². The van der Waals surface area contributed by atoms with Crippen molar-refractivity contribution in [2.75, 3.05) is 18.4 Å². The molecule has 4 rings (SSSR count). The monoisotopic (exact) mass is 422 g/mol. The summed E-state index contributed by atoms with van der Waals surface area (Å²) in [5.74, 6) is -2.46. The lowest BCUT2D eigenvalue weighted by Gasteiger charge is -2.29. The van der Waals surface area contributed by atoms with Gasteiger partial charge in [-0.15, -0.1) is 0 Å². The predicted octanol–water partition coefficient (Wildman–Crippen LogP) is 1.92. The van der Waals surface area contributed by atoms with Gasteiger partial charge in [0.25, 0.3) is 0 Å².